The van der Waals surface area contributed by atoms with E-state index in [4.69, 9.17) is 20.4 Å². The molecule has 0 heterocycles. The molecule has 0 amide bonds. The summed E-state index contributed by atoms with van der Waals surface area (Å²) in [5, 5.41) is 82.4. The Kier molecular flexibility index (Phi) is 66.4. The number of hydrogen-bond donors (Lipinski definition) is 8. The van der Waals surface area contributed by atoms with Crippen molar-refractivity contribution in [2.75, 3.05) is 0 Å². The van der Waals surface area contributed by atoms with Crippen molar-refractivity contribution in [1.29, 1.82) is 0 Å². The molecule has 0 aromatic carbocycles. The van der Waals surface area contributed by atoms with Gasteiger partial charge in [0.05, 0.1) is 48.3 Å². The van der Waals surface area contributed by atoms with Crippen LogP contribution in [-0.4, -0.2) is 117 Å². The molecule has 0 aliphatic rings. The molecule has 0 saturated heterocycles. The topological polar surface area (TPSA) is 290 Å². The molecule has 0 aromatic rings. The Labute approximate surface area is 341 Å². The molecule has 0 rings (SSSR count). The van der Waals surface area contributed by atoms with Gasteiger partial charge in [0.25, 0.3) is 0 Å². The van der Waals surface area contributed by atoms with E-state index in [2.05, 4.69) is 132 Å². The average molecular weight is 852 g/mol. The van der Waals surface area contributed by atoms with Gasteiger partial charge < -0.3 is 81.3 Å². The van der Waals surface area contributed by atoms with Gasteiger partial charge in [-0.05, 0) is 27.7 Å². The van der Waals surface area contributed by atoms with Gasteiger partial charge in [0.15, 0.2) is 0 Å². The molecule has 320 valence electrons. The van der Waals surface area contributed by atoms with Gasteiger partial charge in [-0.25, -0.2) is 0 Å². The van der Waals surface area contributed by atoms with Crippen LogP contribution in [0.2, 0.25) is 0 Å². The van der Waals surface area contributed by atoms with Crippen LogP contribution in [0, 0.1) is 0 Å². The predicted molar refractivity (Wildman–Crippen MR) is 200 cm³/mol. The Hall–Kier alpha value is -1.56. The summed E-state index contributed by atoms with van der Waals surface area (Å²) < 4.78 is 0. The van der Waals surface area contributed by atoms with Gasteiger partial charge in [0, 0.05) is 48.3 Å². The number of aliphatic hydroxyl groups excluding tert-OH is 4. The van der Waals surface area contributed by atoms with Crippen molar-refractivity contribution in [3.05, 3.63) is 0 Å². The van der Waals surface area contributed by atoms with E-state index in [0.717, 1.165) is 27.7 Å². The SMILES string of the molecule is CC(C)NC(C)C.CC(C)NC(C)C.CC(C)NC(C)C.CC(C)NC(C)C.CC(O)C(=O)[O-].CC(O)C(=O)[O-].CC(O)C(=O)[O-].CC(O)C(=O)[O-].[Zr+4]. The number of carboxylic acid groups (broad SMARTS) is 4. The summed E-state index contributed by atoms with van der Waals surface area (Å²) in [6, 6.07) is 5.00. The molecule has 17 heteroatoms. The Bertz CT molecular complexity index is 642. The van der Waals surface area contributed by atoms with E-state index in [1.807, 2.05) is 0 Å². The van der Waals surface area contributed by atoms with Crippen LogP contribution in [0.5, 0.6) is 0 Å². The first-order valence-corrected chi connectivity index (χ1v) is 17.7. The van der Waals surface area contributed by atoms with Crippen molar-refractivity contribution < 1.29 is 86.2 Å². The molecule has 4 atom stereocenters. The van der Waals surface area contributed by atoms with Gasteiger partial charge >= 0.3 is 26.2 Å². The minimum Gasteiger partial charge on any atom is -0.547 e. The van der Waals surface area contributed by atoms with Crippen LogP contribution < -0.4 is 41.7 Å². The summed E-state index contributed by atoms with van der Waals surface area (Å²) in [6.45, 7) is 39.0. The zero-order valence-electron chi connectivity index (χ0n) is 36.5. The second kappa shape index (κ2) is 48.5. The summed E-state index contributed by atoms with van der Waals surface area (Å²) in [5.41, 5.74) is 0. The second-order valence-corrected chi connectivity index (χ2v) is 13.9. The first kappa shape index (κ1) is 72.7. The fourth-order valence-corrected chi connectivity index (χ4v) is 2.67. The number of carbonyl (C=O) groups excluding carboxylic acids is 4. The summed E-state index contributed by atoms with van der Waals surface area (Å²) in [7, 11) is 0. The van der Waals surface area contributed by atoms with E-state index in [0.29, 0.717) is 48.3 Å². The van der Waals surface area contributed by atoms with Crippen LogP contribution in [0.25, 0.3) is 0 Å². The fourth-order valence-electron chi connectivity index (χ4n) is 2.67. The third kappa shape index (κ3) is 128. The molecule has 16 nitrogen and oxygen atoms in total. The van der Waals surface area contributed by atoms with Crippen molar-refractivity contribution in [2.45, 2.75) is 211 Å². The van der Waals surface area contributed by atoms with E-state index in [1.165, 1.54) is 0 Å². The van der Waals surface area contributed by atoms with E-state index >= 15 is 0 Å². The fraction of sp³-hybridized carbons (Fsp3) is 0.889. The maximum atomic E-state index is 9.34. The summed E-state index contributed by atoms with van der Waals surface area (Å²) in [5.74, 6) is -5.74. The van der Waals surface area contributed by atoms with Crippen molar-refractivity contribution in [3.63, 3.8) is 0 Å². The first-order chi connectivity index (χ1) is 23.1. The second-order valence-electron chi connectivity index (χ2n) is 13.9. The third-order valence-corrected chi connectivity index (χ3v) is 4.03. The molecule has 4 unspecified atom stereocenters. The quantitative estimate of drug-likeness (QED) is 0.106. The molecule has 0 saturated carbocycles. The van der Waals surface area contributed by atoms with Crippen molar-refractivity contribution in [2.24, 2.45) is 0 Å². The van der Waals surface area contributed by atoms with Crippen LogP contribution in [0.1, 0.15) is 138 Å². The van der Waals surface area contributed by atoms with Crippen LogP contribution in [0.4, 0.5) is 0 Å². The molecule has 0 aromatic heterocycles. The zero-order chi connectivity index (χ0) is 44.1. The largest absolute Gasteiger partial charge is 4.00 e. The first-order valence-electron chi connectivity index (χ1n) is 17.7. The smallest absolute Gasteiger partial charge is 0.547 e. The van der Waals surface area contributed by atoms with Crippen molar-refractivity contribution >= 4 is 23.9 Å². The normalized spacial score (nSPS) is 12.1. The molecule has 53 heavy (non-hydrogen) atoms. The number of hydrogen-bond acceptors (Lipinski definition) is 16. The number of aliphatic hydroxyl groups is 4. The number of aliphatic carboxylic acids is 4. The van der Waals surface area contributed by atoms with Gasteiger partial charge in [-0.1, -0.05) is 111 Å². The van der Waals surface area contributed by atoms with E-state index in [-0.39, 0.29) is 26.2 Å². The Balaban J connectivity index is -0.0000000595. The van der Waals surface area contributed by atoms with Gasteiger partial charge in [0.2, 0.25) is 0 Å². The van der Waals surface area contributed by atoms with Crippen LogP contribution in [0.3, 0.4) is 0 Å². The van der Waals surface area contributed by atoms with E-state index in [1.54, 1.807) is 0 Å². The molecule has 0 radical (unpaired) electrons. The van der Waals surface area contributed by atoms with E-state index < -0.39 is 48.3 Å². The molecule has 0 spiro atoms. The maximum Gasteiger partial charge on any atom is 4.00 e. The van der Waals surface area contributed by atoms with Crippen LogP contribution in [-0.2, 0) is 45.4 Å². The Morgan fingerprint density at radius 3 is 0.358 bits per heavy atom. The molecular formula is C36H80N4O12Zr. The number of carboxylic acids is 4. The molecule has 0 bridgehead atoms. The van der Waals surface area contributed by atoms with Crippen molar-refractivity contribution in [3.8, 4) is 0 Å². The molecule has 0 fully saturated rings. The van der Waals surface area contributed by atoms with Gasteiger partial charge in [-0.15, -0.1) is 0 Å². The average Bonchev–Trinajstić information content (AvgIpc) is 2.87. The Morgan fingerprint density at radius 2 is 0.358 bits per heavy atom. The standard InChI is InChI=1S/4C6H15N.4C3H6O3.Zr/c4*1-5(2)7-6(3)4;4*1-2(4)3(5)6;/h4*5-7H,1-4H3;4*2,4H,1H3,(H,5,6);/q;;;;;;;;+4/p-4. The summed E-state index contributed by atoms with van der Waals surface area (Å²) in [4.78, 5) is 37.4. The number of carbonyl (C=O) groups is 4. The number of rotatable bonds is 12. The van der Waals surface area contributed by atoms with E-state index in [9.17, 15) is 39.6 Å². The van der Waals surface area contributed by atoms with Crippen LogP contribution >= 0.6 is 0 Å². The third-order valence-electron chi connectivity index (χ3n) is 4.03. The summed E-state index contributed by atoms with van der Waals surface area (Å²) >= 11 is 0. The minimum absolute atomic E-state index is 0. The minimum atomic E-state index is -1.44. The zero-order valence-corrected chi connectivity index (χ0v) is 38.9. The summed E-state index contributed by atoms with van der Waals surface area (Å²) in [6.07, 6.45) is -5.37. The van der Waals surface area contributed by atoms with Gasteiger partial charge in [-0.3, -0.25) is 0 Å². The van der Waals surface area contributed by atoms with Crippen molar-refractivity contribution in [1.82, 2.24) is 21.3 Å². The van der Waals surface area contributed by atoms with Gasteiger partial charge in [-0.2, -0.15) is 0 Å². The Morgan fingerprint density at radius 1 is 0.302 bits per heavy atom. The molecule has 0 aliphatic heterocycles. The van der Waals surface area contributed by atoms with Crippen LogP contribution in [0.15, 0.2) is 0 Å². The predicted octanol–water partition coefficient (Wildman–Crippen LogP) is -1.96. The molecule has 0 aliphatic carbocycles. The number of nitrogens with one attached hydrogen (secondary N) is 4. The maximum absolute atomic E-state index is 9.34. The molecular weight excluding hydrogens is 772 g/mol. The monoisotopic (exact) mass is 850 g/mol. The molecule has 8 N–H and O–H groups in total. The van der Waals surface area contributed by atoms with Gasteiger partial charge in [0.1, 0.15) is 0 Å².